The van der Waals surface area contributed by atoms with Gasteiger partial charge < -0.3 is 10.1 Å². The second kappa shape index (κ2) is 7.88. The van der Waals surface area contributed by atoms with Crippen molar-refractivity contribution < 1.29 is 4.74 Å². The van der Waals surface area contributed by atoms with Crippen molar-refractivity contribution in [3.05, 3.63) is 34.9 Å². The summed E-state index contributed by atoms with van der Waals surface area (Å²) in [4.78, 5) is 0. The summed E-state index contributed by atoms with van der Waals surface area (Å²) in [7, 11) is 0. The molecule has 1 aromatic rings. The first-order valence-electron chi connectivity index (χ1n) is 7.37. The lowest BCUT2D eigenvalue weighted by atomic mass is 9.99. The molecule has 1 aliphatic heterocycles. The number of nitrogens with one attached hydrogen (secondary N) is 1. The number of hydrogen-bond acceptors (Lipinski definition) is 2. The predicted molar refractivity (Wildman–Crippen MR) is 80.8 cm³/mol. The van der Waals surface area contributed by atoms with E-state index < -0.39 is 0 Å². The summed E-state index contributed by atoms with van der Waals surface area (Å²) >= 11 is 5.92. The van der Waals surface area contributed by atoms with Crippen LogP contribution in [0.25, 0.3) is 0 Å². The van der Waals surface area contributed by atoms with Crippen molar-refractivity contribution in [3.8, 4) is 0 Å². The van der Waals surface area contributed by atoms with Gasteiger partial charge in [-0.15, -0.1) is 0 Å². The molecule has 1 N–H and O–H groups in total. The zero-order chi connectivity index (χ0) is 13.5. The van der Waals surface area contributed by atoms with Crippen LogP contribution in [0.3, 0.4) is 0 Å². The van der Waals surface area contributed by atoms with Crippen molar-refractivity contribution in [3.63, 3.8) is 0 Å². The molecule has 19 heavy (non-hydrogen) atoms. The summed E-state index contributed by atoms with van der Waals surface area (Å²) < 4.78 is 5.70. The minimum atomic E-state index is 0.492. The van der Waals surface area contributed by atoms with Crippen molar-refractivity contribution in [1.29, 1.82) is 0 Å². The van der Waals surface area contributed by atoms with E-state index in [4.69, 9.17) is 16.3 Å². The summed E-state index contributed by atoms with van der Waals surface area (Å²) in [6, 6.07) is 8.73. The lowest BCUT2D eigenvalue weighted by molar-refractivity contribution is 0.0996. The standard InChI is InChI=1S/C16H24ClNO/c1-2-18-15(9-10-16-4-3-11-19-16)12-13-5-7-14(17)8-6-13/h5-8,15-16,18H,2-4,9-12H2,1H3. The van der Waals surface area contributed by atoms with Crippen LogP contribution in [0.4, 0.5) is 0 Å². The minimum absolute atomic E-state index is 0.492. The molecule has 1 heterocycles. The number of likely N-dealkylation sites (N-methyl/N-ethyl adjacent to an activating group) is 1. The Balaban J connectivity index is 1.82. The van der Waals surface area contributed by atoms with E-state index in [0.29, 0.717) is 12.1 Å². The topological polar surface area (TPSA) is 21.3 Å². The molecular weight excluding hydrogens is 258 g/mol. The van der Waals surface area contributed by atoms with Gasteiger partial charge >= 0.3 is 0 Å². The highest BCUT2D eigenvalue weighted by Crippen LogP contribution is 2.19. The number of ether oxygens (including phenoxy) is 1. The highest BCUT2D eigenvalue weighted by Gasteiger charge is 2.17. The molecule has 0 spiro atoms. The van der Waals surface area contributed by atoms with E-state index in [1.54, 1.807) is 0 Å². The lowest BCUT2D eigenvalue weighted by Gasteiger charge is -2.20. The van der Waals surface area contributed by atoms with E-state index >= 15 is 0 Å². The number of benzene rings is 1. The van der Waals surface area contributed by atoms with Gasteiger partial charge in [-0.2, -0.15) is 0 Å². The average Bonchev–Trinajstić information content (AvgIpc) is 2.92. The summed E-state index contributed by atoms with van der Waals surface area (Å²) in [6.07, 6.45) is 6.38. The Kier molecular flexibility index (Phi) is 6.15. The monoisotopic (exact) mass is 281 g/mol. The minimum Gasteiger partial charge on any atom is -0.378 e. The van der Waals surface area contributed by atoms with Gasteiger partial charge in [-0.1, -0.05) is 30.7 Å². The van der Waals surface area contributed by atoms with Crippen LogP contribution < -0.4 is 5.32 Å². The van der Waals surface area contributed by atoms with E-state index in [-0.39, 0.29) is 0 Å². The molecule has 1 fully saturated rings. The van der Waals surface area contributed by atoms with Gasteiger partial charge in [0.25, 0.3) is 0 Å². The molecule has 0 bridgehead atoms. The predicted octanol–water partition coefficient (Wildman–Crippen LogP) is 3.82. The van der Waals surface area contributed by atoms with Crippen LogP contribution in [0.5, 0.6) is 0 Å². The largest absolute Gasteiger partial charge is 0.378 e. The van der Waals surface area contributed by atoms with Crippen LogP contribution in [0.2, 0.25) is 5.02 Å². The van der Waals surface area contributed by atoms with E-state index in [1.165, 1.54) is 31.2 Å². The summed E-state index contributed by atoms with van der Waals surface area (Å²) in [6.45, 7) is 4.14. The average molecular weight is 282 g/mol. The molecule has 0 aromatic heterocycles. The molecule has 2 rings (SSSR count). The SMILES string of the molecule is CCNC(CCC1CCCO1)Cc1ccc(Cl)cc1. The summed E-state index contributed by atoms with van der Waals surface area (Å²) in [5.41, 5.74) is 1.35. The molecule has 0 saturated carbocycles. The van der Waals surface area contributed by atoms with Crippen molar-refractivity contribution in [1.82, 2.24) is 5.32 Å². The highest BCUT2D eigenvalue weighted by molar-refractivity contribution is 6.30. The van der Waals surface area contributed by atoms with Crippen LogP contribution in [-0.4, -0.2) is 25.3 Å². The third-order valence-electron chi connectivity index (χ3n) is 3.75. The molecule has 0 radical (unpaired) electrons. The first-order chi connectivity index (χ1) is 9.28. The Hall–Kier alpha value is -0.570. The van der Waals surface area contributed by atoms with Crippen LogP contribution in [-0.2, 0) is 11.2 Å². The molecule has 1 aromatic carbocycles. The maximum atomic E-state index is 5.92. The number of hydrogen-bond donors (Lipinski definition) is 1. The van der Waals surface area contributed by atoms with Gasteiger partial charge in [-0.05, 0) is 56.3 Å². The van der Waals surface area contributed by atoms with Crippen molar-refractivity contribution >= 4 is 11.6 Å². The molecule has 106 valence electrons. The first kappa shape index (κ1) is 14.8. The molecule has 2 nitrogen and oxygen atoms in total. The normalized spacial score (nSPS) is 20.6. The van der Waals surface area contributed by atoms with Gasteiger partial charge in [-0.3, -0.25) is 0 Å². The third-order valence-corrected chi connectivity index (χ3v) is 4.00. The van der Waals surface area contributed by atoms with Crippen LogP contribution in [0.15, 0.2) is 24.3 Å². The molecule has 0 amide bonds. The fourth-order valence-electron chi connectivity index (χ4n) is 2.73. The molecule has 1 saturated heterocycles. The van der Waals surface area contributed by atoms with E-state index in [2.05, 4.69) is 24.4 Å². The van der Waals surface area contributed by atoms with Gasteiger partial charge in [0, 0.05) is 17.7 Å². The fraction of sp³-hybridized carbons (Fsp3) is 0.625. The third kappa shape index (κ3) is 5.13. The summed E-state index contributed by atoms with van der Waals surface area (Å²) in [5.74, 6) is 0. The quantitative estimate of drug-likeness (QED) is 0.820. The van der Waals surface area contributed by atoms with Gasteiger partial charge in [0.05, 0.1) is 6.10 Å². The van der Waals surface area contributed by atoms with Crippen LogP contribution >= 0.6 is 11.6 Å². The van der Waals surface area contributed by atoms with Gasteiger partial charge in [-0.25, -0.2) is 0 Å². The lowest BCUT2D eigenvalue weighted by Crippen LogP contribution is -2.31. The molecule has 1 aliphatic rings. The Morgan fingerprint density at radius 1 is 1.37 bits per heavy atom. The van der Waals surface area contributed by atoms with Gasteiger partial charge in [0.2, 0.25) is 0 Å². The number of halogens is 1. The van der Waals surface area contributed by atoms with Gasteiger partial charge in [0.1, 0.15) is 0 Å². The molecule has 2 unspecified atom stereocenters. The molecule has 3 heteroatoms. The maximum Gasteiger partial charge on any atom is 0.0576 e. The van der Waals surface area contributed by atoms with Crippen molar-refractivity contribution in [2.24, 2.45) is 0 Å². The summed E-state index contributed by atoms with van der Waals surface area (Å²) in [5, 5.41) is 4.39. The Morgan fingerprint density at radius 2 is 2.16 bits per heavy atom. The van der Waals surface area contributed by atoms with E-state index in [0.717, 1.165) is 24.6 Å². The zero-order valence-corrected chi connectivity index (χ0v) is 12.5. The van der Waals surface area contributed by atoms with E-state index in [9.17, 15) is 0 Å². The van der Waals surface area contributed by atoms with Gasteiger partial charge in [0.15, 0.2) is 0 Å². The van der Waals surface area contributed by atoms with E-state index in [1.807, 2.05) is 12.1 Å². The maximum absolute atomic E-state index is 5.92. The molecule has 2 atom stereocenters. The van der Waals surface area contributed by atoms with Crippen LogP contribution in [0, 0.1) is 0 Å². The Morgan fingerprint density at radius 3 is 2.79 bits per heavy atom. The second-order valence-corrected chi connectivity index (χ2v) is 5.73. The highest BCUT2D eigenvalue weighted by atomic mass is 35.5. The van der Waals surface area contributed by atoms with Crippen molar-refractivity contribution in [2.75, 3.05) is 13.2 Å². The first-order valence-corrected chi connectivity index (χ1v) is 7.75. The molecule has 0 aliphatic carbocycles. The Labute approximate surface area is 121 Å². The number of rotatable bonds is 7. The van der Waals surface area contributed by atoms with Crippen molar-refractivity contribution in [2.45, 2.75) is 51.2 Å². The van der Waals surface area contributed by atoms with Crippen LogP contribution in [0.1, 0.15) is 38.2 Å². The second-order valence-electron chi connectivity index (χ2n) is 5.30. The Bertz CT molecular complexity index is 360. The zero-order valence-electron chi connectivity index (χ0n) is 11.7. The smallest absolute Gasteiger partial charge is 0.0576 e. The fourth-order valence-corrected chi connectivity index (χ4v) is 2.86. The molecular formula is C16H24ClNO.